The van der Waals surface area contributed by atoms with Crippen LogP contribution in [0.5, 0.6) is 0 Å². The van der Waals surface area contributed by atoms with Gasteiger partial charge >= 0.3 is 0 Å². The van der Waals surface area contributed by atoms with E-state index in [1.165, 1.54) is 24.8 Å². The van der Waals surface area contributed by atoms with E-state index in [9.17, 15) is 0 Å². The molecule has 0 spiro atoms. The van der Waals surface area contributed by atoms with Crippen molar-refractivity contribution in [1.82, 2.24) is 15.1 Å². The molecule has 0 bridgehead atoms. The van der Waals surface area contributed by atoms with Gasteiger partial charge in [-0.1, -0.05) is 6.42 Å². The molecule has 1 saturated carbocycles. The van der Waals surface area contributed by atoms with Crippen LogP contribution in [-0.2, 0) is 13.6 Å². The fourth-order valence-electron chi connectivity index (χ4n) is 2.25. The van der Waals surface area contributed by atoms with Crippen molar-refractivity contribution in [3.05, 3.63) is 18.0 Å². The van der Waals surface area contributed by atoms with Gasteiger partial charge < -0.3 is 5.32 Å². The fourth-order valence-corrected chi connectivity index (χ4v) is 3.22. The van der Waals surface area contributed by atoms with Crippen LogP contribution in [0.4, 0.5) is 0 Å². The predicted octanol–water partition coefficient (Wildman–Crippen LogP) is 1.79. The van der Waals surface area contributed by atoms with Crippen molar-refractivity contribution in [2.45, 2.75) is 37.1 Å². The van der Waals surface area contributed by atoms with Crippen LogP contribution in [0.3, 0.4) is 0 Å². The summed E-state index contributed by atoms with van der Waals surface area (Å²) in [5.41, 5.74) is 1.28. The Morgan fingerprint density at radius 3 is 3.13 bits per heavy atom. The van der Waals surface area contributed by atoms with E-state index in [4.69, 9.17) is 0 Å². The summed E-state index contributed by atoms with van der Waals surface area (Å²) in [5.74, 6) is 0. The van der Waals surface area contributed by atoms with Crippen molar-refractivity contribution >= 4 is 11.8 Å². The van der Waals surface area contributed by atoms with Crippen molar-refractivity contribution in [3.8, 4) is 0 Å². The summed E-state index contributed by atoms with van der Waals surface area (Å²) in [4.78, 5) is 0. The molecule has 1 aromatic rings. The van der Waals surface area contributed by atoms with Gasteiger partial charge in [-0.15, -0.1) is 0 Å². The van der Waals surface area contributed by atoms with Gasteiger partial charge in [0.25, 0.3) is 0 Å². The lowest BCUT2D eigenvalue weighted by Gasteiger charge is -2.18. The zero-order valence-electron chi connectivity index (χ0n) is 9.44. The normalized spacial score (nSPS) is 26.0. The second kappa shape index (κ2) is 5.03. The van der Waals surface area contributed by atoms with E-state index in [1.54, 1.807) is 0 Å². The van der Waals surface area contributed by atoms with E-state index in [0.29, 0.717) is 6.04 Å². The Bertz CT molecular complexity index is 311. The third kappa shape index (κ3) is 2.75. The van der Waals surface area contributed by atoms with Gasteiger partial charge in [-0.25, -0.2) is 0 Å². The quantitative estimate of drug-likeness (QED) is 0.847. The Labute approximate surface area is 95.6 Å². The molecule has 0 saturated heterocycles. The van der Waals surface area contributed by atoms with Gasteiger partial charge in [0.05, 0.1) is 6.20 Å². The highest BCUT2D eigenvalue weighted by molar-refractivity contribution is 7.99. The first kappa shape index (κ1) is 11.0. The molecule has 1 aromatic heterocycles. The van der Waals surface area contributed by atoms with Gasteiger partial charge in [0.1, 0.15) is 0 Å². The van der Waals surface area contributed by atoms with Crippen LogP contribution in [0.1, 0.15) is 24.8 Å². The van der Waals surface area contributed by atoms with E-state index in [2.05, 4.69) is 22.9 Å². The lowest BCUT2D eigenvalue weighted by Crippen LogP contribution is -2.33. The van der Waals surface area contributed by atoms with Gasteiger partial charge in [-0.3, -0.25) is 4.68 Å². The Hall–Kier alpha value is -0.480. The first-order chi connectivity index (χ1) is 7.29. The predicted molar refractivity (Wildman–Crippen MR) is 65.0 cm³/mol. The third-order valence-electron chi connectivity index (χ3n) is 3.08. The van der Waals surface area contributed by atoms with Gasteiger partial charge in [0.15, 0.2) is 0 Å². The minimum atomic E-state index is 0.695. The maximum atomic E-state index is 4.17. The van der Waals surface area contributed by atoms with Gasteiger partial charge in [-0.05, 0) is 19.1 Å². The minimum absolute atomic E-state index is 0.695. The molecule has 1 aliphatic carbocycles. The Balaban J connectivity index is 1.82. The van der Waals surface area contributed by atoms with Gasteiger partial charge in [-0.2, -0.15) is 16.9 Å². The SMILES string of the molecule is CSC1CCCC1NCc1cnn(C)c1. The molecule has 1 N–H and O–H groups in total. The topological polar surface area (TPSA) is 29.9 Å². The number of nitrogens with zero attached hydrogens (tertiary/aromatic N) is 2. The molecule has 1 aliphatic rings. The summed E-state index contributed by atoms with van der Waals surface area (Å²) in [5, 5.41) is 8.62. The highest BCUT2D eigenvalue weighted by atomic mass is 32.2. The maximum Gasteiger partial charge on any atom is 0.0534 e. The number of aromatic nitrogens is 2. The highest BCUT2D eigenvalue weighted by Gasteiger charge is 2.25. The van der Waals surface area contributed by atoms with Crippen molar-refractivity contribution in [2.24, 2.45) is 7.05 Å². The number of rotatable bonds is 4. The largest absolute Gasteiger partial charge is 0.309 e. The summed E-state index contributed by atoms with van der Waals surface area (Å²) < 4.78 is 1.86. The van der Waals surface area contributed by atoms with Crippen LogP contribution in [0.2, 0.25) is 0 Å². The molecule has 15 heavy (non-hydrogen) atoms. The average molecular weight is 225 g/mol. The van der Waals surface area contributed by atoms with Crippen LogP contribution in [0.15, 0.2) is 12.4 Å². The molecular formula is C11H19N3S. The van der Waals surface area contributed by atoms with E-state index in [-0.39, 0.29) is 0 Å². The third-order valence-corrected chi connectivity index (χ3v) is 4.25. The van der Waals surface area contributed by atoms with E-state index in [0.717, 1.165) is 11.8 Å². The van der Waals surface area contributed by atoms with E-state index < -0.39 is 0 Å². The summed E-state index contributed by atoms with van der Waals surface area (Å²) in [6.45, 7) is 0.954. The molecule has 3 nitrogen and oxygen atoms in total. The molecule has 1 heterocycles. The van der Waals surface area contributed by atoms with E-state index >= 15 is 0 Å². The molecule has 1 fully saturated rings. The molecular weight excluding hydrogens is 206 g/mol. The average Bonchev–Trinajstić information content (AvgIpc) is 2.83. The monoisotopic (exact) mass is 225 g/mol. The van der Waals surface area contributed by atoms with Crippen molar-refractivity contribution < 1.29 is 0 Å². The summed E-state index contributed by atoms with van der Waals surface area (Å²) in [6, 6.07) is 0.695. The van der Waals surface area contributed by atoms with Crippen molar-refractivity contribution in [2.75, 3.05) is 6.26 Å². The summed E-state index contributed by atoms with van der Waals surface area (Å²) in [7, 11) is 1.96. The molecule has 0 radical (unpaired) electrons. The Morgan fingerprint density at radius 2 is 2.47 bits per heavy atom. The standard InChI is InChI=1S/C11H19N3S/c1-14-8-9(7-13-14)6-12-10-4-3-5-11(10)15-2/h7-8,10-12H,3-6H2,1-2H3. The summed E-state index contributed by atoms with van der Waals surface area (Å²) >= 11 is 2.00. The van der Waals surface area contributed by atoms with Gasteiger partial charge in [0, 0.05) is 36.6 Å². The molecule has 2 rings (SSSR count). The number of hydrogen-bond acceptors (Lipinski definition) is 3. The molecule has 0 aromatic carbocycles. The maximum absolute atomic E-state index is 4.17. The number of thioether (sulfide) groups is 1. The van der Waals surface area contributed by atoms with Crippen LogP contribution in [0, 0.1) is 0 Å². The molecule has 2 atom stereocenters. The molecule has 0 amide bonds. The van der Waals surface area contributed by atoms with Gasteiger partial charge in [0.2, 0.25) is 0 Å². The zero-order valence-corrected chi connectivity index (χ0v) is 10.3. The number of nitrogens with one attached hydrogen (secondary N) is 1. The Kier molecular flexibility index (Phi) is 3.70. The first-order valence-electron chi connectivity index (χ1n) is 5.53. The lowest BCUT2D eigenvalue weighted by molar-refractivity contribution is 0.532. The van der Waals surface area contributed by atoms with Crippen LogP contribution >= 0.6 is 11.8 Å². The lowest BCUT2D eigenvalue weighted by atomic mass is 10.2. The summed E-state index contributed by atoms with van der Waals surface area (Å²) in [6.07, 6.45) is 10.3. The fraction of sp³-hybridized carbons (Fsp3) is 0.727. The number of aryl methyl sites for hydroxylation is 1. The Morgan fingerprint density at radius 1 is 1.60 bits per heavy atom. The second-order valence-corrected chi connectivity index (χ2v) is 5.29. The highest BCUT2D eigenvalue weighted by Crippen LogP contribution is 2.28. The van der Waals surface area contributed by atoms with Crippen molar-refractivity contribution in [1.29, 1.82) is 0 Å². The zero-order chi connectivity index (χ0) is 10.7. The molecule has 2 unspecified atom stereocenters. The van der Waals surface area contributed by atoms with E-state index in [1.807, 2.05) is 29.7 Å². The molecule has 4 heteroatoms. The number of hydrogen-bond donors (Lipinski definition) is 1. The van der Waals surface area contributed by atoms with Crippen LogP contribution < -0.4 is 5.32 Å². The second-order valence-electron chi connectivity index (χ2n) is 4.21. The van der Waals surface area contributed by atoms with Crippen LogP contribution in [0.25, 0.3) is 0 Å². The van der Waals surface area contributed by atoms with Crippen LogP contribution in [-0.4, -0.2) is 27.3 Å². The minimum Gasteiger partial charge on any atom is -0.309 e. The molecule has 84 valence electrons. The molecule has 0 aliphatic heterocycles. The first-order valence-corrected chi connectivity index (χ1v) is 6.82. The smallest absolute Gasteiger partial charge is 0.0534 e. The van der Waals surface area contributed by atoms with Crippen molar-refractivity contribution in [3.63, 3.8) is 0 Å².